The summed E-state index contributed by atoms with van der Waals surface area (Å²) >= 11 is 1.51. The summed E-state index contributed by atoms with van der Waals surface area (Å²) in [5, 5.41) is 5.28. The lowest BCUT2D eigenvalue weighted by molar-refractivity contribution is 0.103. The Labute approximate surface area is 210 Å². The van der Waals surface area contributed by atoms with Gasteiger partial charge < -0.3 is 20.2 Å². The van der Waals surface area contributed by atoms with Crippen molar-refractivity contribution >= 4 is 40.1 Å². The molecular formula is C26H23FN6O2S. The highest BCUT2D eigenvalue weighted by Crippen LogP contribution is 2.29. The highest BCUT2D eigenvalue weighted by atomic mass is 32.2. The maximum absolute atomic E-state index is 13.3. The molecule has 0 aliphatic heterocycles. The third-order valence-electron chi connectivity index (χ3n) is 5.80. The predicted molar refractivity (Wildman–Crippen MR) is 141 cm³/mol. The first kappa shape index (κ1) is 23.4. The Morgan fingerprint density at radius 2 is 1.89 bits per heavy atom. The van der Waals surface area contributed by atoms with Crippen molar-refractivity contribution in [1.82, 2.24) is 19.7 Å². The third kappa shape index (κ3) is 4.38. The van der Waals surface area contributed by atoms with Crippen LogP contribution < -0.4 is 15.2 Å². The molecule has 0 unspecified atom stereocenters. The van der Waals surface area contributed by atoms with Crippen molar-refractivity contribution < 1.29 is 13.9 Å². The van der Waals surface area contributed by atoms with Crippen LogP contribution in [0.15, 0.2) is 60.9 Å². The lowest BCUT2D eigenvalue weighted by Gasteiger charge is -2.10. The molecule has 5 rings (SSSR count). The lowest BCUT2D eigenvalue weighted by atomic mass is 10.1. The number of nitrogens with two attached hydrogens (primary N) is 1. The van der Waals surface area contributed by atoms with Crippen LogP contribution in [-0.2, 0) is 0 Å². The van der Waals surface area contributed by atoms with Crippen LogP contribution in [0.2, 0.25) is 0 Å². The molecular weight excluding hydrogens is 479 g/mol. The first-order valence-electron chi connectivity index (χ1n) is 11.0. The summed E-state index contributed by atoms with van der Waals surface area (Å²) < 4.78 is 23.5. The Bertz CT molecular complexity index is 1590. The van der Waals surface area contributed by atoms with E-state index >= 15 is 0 Å². The number of H-pyrrole nitrogens is 1. The SMILES string of the molecule is CSNc1cc2[nH]c(C(=O)c3cnn(-c4cnc(Oc5ccc(F)cc5)cc4C)c3N)cc2cc1C. The molecule has 2 aromatic carbocycles. The van der Waals surface area contributed by atoms with E-state index in [1.54, 1.807) is 12.3 Å². The van der Waals surface area contributed by atoms with E-state index in [0.717, 1.165) is 27.7 Å². The first-order chi connectivity index (χ1) is 17.3. The number of carbonyl (C=O) groups is 1. The molecule has 3 heterocycles. The second-order valence-corrected chi connectivity index (χ2v) is 8.91. The van der Waals surface area contributed by atoms with E-state index in [-0.39, 0.29) is 23.0 Å². The van der Waals surface area contributed by atoms with E-state index in [1.165, 1.54) is 47.1 Å². The van der Waals surface area contributed by atoms with E-state index in [2.05, 4.69) is 19.8 Å². The summed E-state index contributed by atoms with van der Waals surface area (Å²) in [7, 11) is 0. The molecule has 10 heteroatoms. The van der Waals surface area contributed by atoms with Gasteiger partial charge in [0.1, 0.15) is 17.4 Å². The second kappa shape index (κ2) is 9.38. The summed E-state index contributed by atoms with van der Waals surface area (Å²) in [6.45, 7) is 3.87. The van der Waals surface area contributed by atoms with Crippen LogP contribution in [0.4, 0.5) is 15.9 Å². The van der Waals surface area contributed by atoms with Gasteiger partial charge in [-0.3, -0.25) is 4.79 Å². The van der Waals surface area contributed by atoms with Crippen molar-refractivity contribution in [2.24, 2.45) is 0 Å². The number of halogens is 1. The molecule has 4 N–H and O–H groups in total. The largest absolute Gasteiger partial charge is 0.439 e. The number of aromatic amines is 1. The number of ether oxygens (including phenoxy) is 1. The molecule has 182 valence electrons. The van der Waals surface area contributed by atoms with E-state index in [9.17, 15) is 9.18 Å². The molecule has 0 aliphatic carbocycles. The maximum Gasteiger partial charge on any atom is 0.219 e. The minimum Gasteiger partial charge on any atom is -0.439 e. The fourth-order valence-electron chi connectivity index (χ4n) is 3.93. The first-order valence-corrected chi connectivity index (χ1v) is 12.3. The lowest BCUT2D eigenvalue weighted by Crippen LogP contribution is -2.08. The molecule has 0 bridgehead atoms. The standard InChI is InChI=1S/C26H23FN6O2S/c1-14-8-16-10-22(31-21(16)11-20(14)32-36-3)25(34)19-12-30-33(26(19)28)23-13-29-24(9-15(23)2)35-18-6-4-17(27)5-7-18/h4-13,31-32H,28H2,1-3H3. The quantitative estimate of drug-likeness (QED) is 0.191. The number of hydrogen-bond acceptors (Lipinski definition) is 7. The molecule has 0 fully saturated rings. The van der Waals surface area contributed by atoms with Crippen LogP contribution in [0, 0.1) is 19.7 Å². The number of nitrogens with zero attached hydrogens (tertiary/aromatic N) is 3. The fourth-order valence-corrected chi connectivity index (χ4v) is 4.37. The number of rotatable bonds is 7. The maximum atomic E-state index is 13.3. The molecule has 0 spiro atoms. The summed E-state index contributed by atoms with van der Waals surface area (Å²) in [6, 6.07) is 13.2. The average molecular weight is 503 g/mol. The summed E-state index contributed by atoms with van der Waals surface area (Å²) in [5.41, 5.74) is 11.4. The molecule has 5 aromatic rings. The molecule has 0 amide bonds. The fraction of sp³-hybridized carbons (Fsp3) is 0.115. The number of ketones is 1. The average Bonchev–Trinajstić information content (AvgIpc) is 3.44. The zero-order valence-electron chi connectivity index (χ0n) is 19.8. The van der Waals surface area contributed by atoms with Crippen LogP contribution in [0.25, 0.3) is 16.6 Å². The van der Waals surface area contributed by atoms with Gasteiger partial charge in [-0.1, -0.05) is 11.9 Å². The van der Waals surface area contributed by atoms with Gasteiger partial charge >= 0.3 is 0 Å². The normalized spacial score (nSPS) is 11.1. The van der Waals surface area contributed by atoms with E-state index in [1.807, 2.05) is 38.3 Å². The van der Waals surface area contributed by atoms with Crippen LogP contribution in [-0.4, -0.2) is 31.8 Å². The number of hydrogen-bond donors (Lipinski definition) is 3. The van der Waals surface area contributed by atoms with Gasteiger partial charge in [-0.2, -0.15) is 5.10 Å². The molecule has 0 atom stereocenters. The molecule has 0 aliphatic rings. The van der Waals surface area contributed by atoms with Crippen molar-refractivity contribution in [3.8, 4) is 17.3 Å². The Morgan fingerprint density at radius 1 is 1.11 bits per heavy atom. The Balaban J connectivity index is 1.42. The number of anilines is 2. The van der Waals surface area contributed by atoms with E-state index in [4.69, 9.17) is 10.5 Å². The van der Waals surface area contributed by atoms with Gasteiger partial charge in [-0.15, -0.1) is 0 Å². The number of carbonyl (C=O) groups excluding carboxylic acids is 1. The highest BCUT2D eigenvalue weighted by Gasteiger charge is 2.21. The zero-order chi connectivity index (χ0) is 25.4. The number of nitrogen functional groups attached to an aromatic ring is 1. The number of aromatic nitrogens is 4. The molecule has 0 saturated heterocycles. The predicted octanol–water partition coefficient (Wildman–Crippen LogP) is 5.80. The zero-order valence-corrected chi connectivity index (χ0v) is 20.6. The van der Waals surface area contributed by atoms with Crippen molar-refractivity contribution in [3.63, 3.8) is 0 Å². The number of fused-ring (bicyclic) bond motifs is 1. The van der Waals surface area contributed by atoms with Crippen molar-refractivity contribution in [2.75, 3.05) is 16.7 Å². The minimum atomic E-state index is -0.346. The van der Waals surface area contributed by atoms with Crippen LogP contribution in [0.3, 0.4) is 0 Å². The smallest absolute Gasteiger partial charge is 0.219 e. The van der Waals surface area contributed by atoms with Crippen LogP contribution in [0.5, 0.6) is 11.6 Å². The van der Waals surface area contributed by atoms with Crippen molar-refractivity contribution in [2.45, 2.75) is 13.8 Å². The summed E-state index contributed by atoms with van der Waals surface area (Å²) in [4.78, 5) is 20.8. The Morgan fingerprint density at radius 3 is 2.61 bits per heavy atom. The molecule has 0 radical (unpaired) electrons. The van der Waals surface area contributed by atoms with E-state index in [0.29, 0.717) is 23.0 Å². The highest BCUT2D eigenvalue weighted by molar-refractivity contribution is 7.99. The van der Waals surface area contributed by atoms with Gasteiger partial charge in [0, 0.05) is 28.9 Å². The minimum absolute atomic E-state index is 0.205. The van der Waals surface area contributed by atoms with Gasteiger partial charge in [0.25, 0.3) is 0 Å². The number of aryl methyl sites for hydroxylation is 2. The van der Waals surface area contributed by atoms with Crippen LogP contribution in [0.1, 0.15) is 27.2 Å². The van der Waals surface area contributed by atoms with Crippen molar-refractivity contribution in [3.05, 3.63) is 89.1 Å². The van der Waals surface area contributed by atoms with Gasteiger partial charge in [-0.25, -0.2) is 14.1 Å². The van der Waals surface area contributed by atoms with Gasteiger partial charge in [0.2, 0.25) is 11.7 Å². The summed E-state index contributed by atoms with van der Waals surface area (Å²) in [5.74, 6) is 0.410. The van der Waals surface area contributed by atoms with E-state index < -0.39 is 0 Å². The molecule has 3 aromatic heterocycles. The number of pyridine rings is 1. The Kier molecular flexibility index (Phi) is 6.11. The number of nitrogens with one attached hydrogen (secondary N) is 2. The Hall–Kier alpha value is -4.31. The second-order valence-electron chi connectivity index (χ2n) is 8.29. The van der Waals surface area contributed by atoms with Crippen LogP contribution >= 0.6 is 11.9 Å². The van der Waals surface area contributed by atoms with Crippen molar-refractivity contribution in [1.29, 1.82) is 0 Å². The molecule has 36 heavy (non-hydrogen) atoms. The molecule has 8 nitrogen and oxygen atoms in total. The molecule has 0 saturated carbocycles. The topological polar surface area (TPSA) is 111 Å². The van der Waals surface area contributed by atoms with Gasteiger partial charge in [0.15, 0.2) is 0 Å². The summed E-state index contributed by atoms with van der Waals surface area (Å²) in [6.07, 6.45) is 4.98. The van der Waals surface area contributed by atoms with Gasteiger partial charge in [0.05, 0.1) is 29.3 Å². The van der Waals surface area contributed by atoms with Gasteiger partial charge in [-0.05, 0) is 67.4 Å². The third-order valence-corrected chi connectivity index (χ3v) is 6.22. The number of benzene rings is 2. The monoisotopic (exact) mass is 502 g/mol.